The first-order valence-electron chi connectivity index (χ1n) is 5.04. The summed E-state index contributed by atoms with van der Waals surface area (Å²) in [5.74, 6) is 0. The Kier molecular flexibility index (Phi) is 4.79. The molecule has 0 amide bonds. The van der Waals surface area contributed by atoms with Crippen LogP contribution in [0.1, 0.15) is 12.8 Å². The zero-order valence-corrected chi connectivity index (χ0v) is 8.34. The second-order valence-electron chi connectivity index (χ2n) is 3.59. The van der Waals surface area contributed by atoms with E-state index in [9.17, 15) is 0 Å². The van der Waals surface area contributed by atoms with Crippen molar-refractivity contribution in [2.75, 3.05) is 26.2 Å². The summed E-state index contributed by atoms with van der Waals surface area (Å²) < 4.78 is 0. The average molecular weight is 180 g/mol. The van der Waals surface area contributed by atoms with Gasteiger partial charge in [0.25, 0.3) is 0 Å². The van der Waals surface area contributed by atoms with Crippen LogP contribution in [0.2, 0.25) is 0 Å². The van der Waals surface area contributed by atoms with Gasteiger partial charge in [0.2, 0.25) is 0 Å². The van der Waals surface area contributed by atoms with E-state index in [0.717, 1.165) is 19.6 Å². The van der Waals surface area contributed by atoms with Crippen molar-refractivity contribution in [1.82, 2.24) is 10.2 Å². The minimum absolute atomic E-state index is 0.680. The van der Waals surface area contributed by atoms with Crippen LogP contribution in [0.4, 0.5) is 0 Å². The molecule has 1 N–H and O–H groups in total. The van der Waals surface area contributed by atoms with Crippen molar-refractivity contribution < 1.29 is 0 Å². The Bertz CT molecular complexity index is 149. The lowest BCUT2D eigenvalue weighted by Crippen LogP contribution is -2.37. The lowest BCUT2D eigenvalue weighted by molar-refractivity contribution is 0.300. The third-order valence-corrected chi connectivity index (χ3v) is 2.42. The van der Waals surface area contributed by atoms with Gasteiger partial charge in [0.1, 0.15) is 0 Å². The molecular weight excluding hydrogens is 160 g/mol. The Hall–Kier alpha value is -0.600. The summed E-state index contributed by atoms with van der Waals surface area (Å²) in [4.78, 5) is 2.36. The maximum absolute atomic E-state index is 3.76. The number of hydrogen-bond acceptors (Lipinski definition) is 2. The van der Waals surface area contributed by atoms with E-state index < -0.39 is 0 Å². The Morgan fingerprint density at radius 2 is 2.00 bits per heavy atom. The number of rotatable bonds is 6. The Morgan fingerprint density at radius 1 is 1.31 bits per heavy atom. The summed E-state index contributed by atoms with van der Waals surface area (Å²) in [5, 5.41) is 3.49. The molecule has 0 radical (unpaired) electrons. The van der Waals surface area contributed by atoms with Crippen molar-refractivity contribution in [1.29, 1.82) is 0 Å². The van der Waals surface area contributed by atoms with Gasteiger partial charge in [0.15, 0.2) is 0 Å². The fraction of sp³-hybridized carbons (Fsp3) is 0.636. The van der Waals surface area contributed by atoms with Gasteiger partial charge in [0, 0.05) is 25.7 Å². The van der Waals surface area contributed by atoms with E-state index in [-0.39, 0.29) is 0 Å². The third kappa shape index (κ3) is 3.75. The van der Waals surface area contributed by atoms with E-state index in [1.165, 1.54) is 19.4 Å². The van der Waals surface area contributed by atoms with Crippen molar-refractivity contribution in [3.8, 4) is 0 Å². The van der Waals surface area contributed by atoms with Gasteiger partial charge in [-0.2, -0.15) is 0 Å². The highest BCUT2D eigenvalue weighted by Gasteiger charge is 2.16. The van der Waals surface area contributed by atoms with Crippen molar-refractivity contribution >= 4 is 0 Å². The quantitative estimate of drug-likeness (QED) is 0.622. The largest absolute Gasteiger partial charge is 0.313 e. The molecule has 0 spiro atoms. The average Bonchev–Trinajstić information content (AvgIpc) is 2.58. The van der Waals surface area contributed by atoms with Crippen molar-refractivity contribution in [2.24, 2.45) is 0 Å². The third-order valence-electron chi connectivity index (χ3n) is 2.42. The SMILES string of the molecule is C=CCN(CC=C)CC1CCCN1. The van der Waals surface area contributed by atoms with E-state index in [4.69, 9.17) is 0 Å². The number of nitrogens with zero attached hydrogens (tertiary/aromatic N) is 1. The van der Waals surface area contributed by atoms with Crippen molar-refractivity contribution in [3.63, 3.8) is 0 Å². The lowest BCUT2D eigenvalue weighted by Gasteiger charge is -2.22. The van der Waals surface area contributed by atoms with Crippen LogP contribution in [-0.4, -0.2) is 37.1 Å². The van der Waals surface area contributed by atoms with E-state index in [2.05, 4.69) is 23.4 Å². The molecule has 1 atom stereocenters. The van der Waals surface area contributed by atoms with Gasteiger partial charge in [-0.15, -0.1) is 13.2 Å². The van der Waals surface area contributed by atoms with Gasteiger partial charge in [-0.3, -0.25) is 4.90 Å². The molecular formula is C11H20N2. The molecule has 1 aliphatic rings. The zero-order valence-electron chi connectivity index (χ0n) is 8.34. The maximum atomic E-state index is 3.76. The molecule has 0 saturated carbocycles. The minimum Gasteiger partial charge on any atom is -0.313 e. The second kappa shape index (κ2) is 5.95. The molecule has 2 nitrogen and oxygen atoms in total. The zero-order chi connectivity index (χ0) is 9.52. The van der Waals surface area contributed by atoms with Crippen LogP contribution in [0, 0.1) is 0 Å². The lowest BCUT2D eigenvalue weighted by atomic mass is 10.2. The molecule has 0 aromatic rings. The van der Waals surface area contributed by atoms with Gasteiger partial charge in [-0.25, -0.2) is 0 Å². The molecule has 1 fully saturated rings. The molecule has 13 heavy (non-hydrogen) atoms. The molecule has 0 aromatic carbocycles. The standard InChI is InChI=1S/C11H20N2/c1-3-8-13(9-4-2)10-11-6-5-7-12-11/h3-4,11-12H,1-2,5-10H2. The molecule has 1 aliphatic heterocycles. The highest BCUT2D eigenvalue weighted by atomic mass is 15.1. The monoisotopic (exact) mass is 180 g/mol. The molecule has 1 heterocycles. The summed E-state index contributed by atoms with van der Waals surface area (Å²) in [5.41, 5.74) is 0. The van der Waals surface area contributed by atoms with Crippen LogP contribution in [0.15, 0.2) is 25.3 Å². The summed E-state index contributed by atoms with van der Waals surface area (Å²) >= 11 is 0. The normalized spacial score (nSPS) is 22.1. The summed E-state index contributed by atoms with van der Waals surface area (Å²) in [6.45, 7) is 11.8. The number of hydrogen-bond donors (Lipinski definition) is 1. The Labute approximate surface area is 81.3 Å². The molecule has 0 aliphatic carbocycles. The van der Waals surface area contributed by atoms with Crippen LogP contribution in [0.5, 0.6) is 0 Å². The van der Waals surface area contributed by atoms with Crippen LogP contribution < -0.4 is 5.32 Å². The first-order chi connectivity index (χ1) is 6.36. The molecule has 1 unspecified atom stereocenters. The summed E-state index contributed by atoms with van der Waals surface area (Å²) in [6.07, 6.45) is 6.54. The maximum Gasteiger partial charge on any atom is 0.0195 e. The van der Waals surface area contributed by atoms with E-state index in [1.54, 1.807) is 0 Å². The van der Waals surface area contributed by atoms with E-state index in [0.29, 0.717) is 6.04 Å². The second-order valence-corrected chi connectivity index (χ2v) is 3.59. The first kappa shape index (κ1) is 10.5. The highest BCUT2D eigenvalue weighted by Crippen LogP contribution is 2.06. The van der Waals surface area contributed by atoms with Crippen LogP contribution in [0.25, 0.3) is 0 Å². The summed E-state index contributed by atoms with van der Waals surface area (Å²) in [7, 11) is 0. The topological polar surface area (TPSA) is 15.3 Å². The van der Waals surface area contributed by atoms with Gasteiger partial charge < -0.3 is 5.32 Å². The van der Waals surface area contributed by atoms with Crippen molar-refractivity contribution in [3.05, 3.63) is 25.3 Å². The van der Waals surface area contributed by atoms with Gasteiger partial charge >= 0.3 is 0 Å². The fourth-order valence-electron chi connectivity index (χ4n) is 1.81. The molecule has 2 heteroatoms. The fourth-order valence-corrected chi connectivity index (χ4v) is 1.81. The van der Waals surface area contributed by atoms with Gasteiger partial charge in [-0.05, 0) is 19.4 Å². The predicted molar refractivity (Wildman–Crippen MR) is 57.9 cm³/mol. The van der Waals surface area contributed by atoms with E-state index >= 15 is 0 Å². The Balaban J connectivity index is 2.26. The molecule has 1 saturated heterocycles. The smallest absolute Gasteiger partial charge is 0.0195 e. The van der Waals surface area contributed by atoms with Crippen LogP contribution in [0.3, 0.4) is 0 Å². The van der Waals surface area contributed by atoms with Crippen molar-refractivity contribution in [2.45, 2.75) is 18.9 Å². The molecule has 0 bridgehead atoms. The summed E-state index contributed by atoms with van der Waals surface area (Å²) in [6, 6.07) is 0.680. The minimum atomic E-state index is 0.680. The molecule has 1 rings (SSSR count). The predicted octanol–water partition coefficient (Wildman–Crippen LogP) is 1.41. The van der Waals surface area contributed by atoms with Crippen LogP contribution in [-0.2, 0) is 0 Å². The molecule has 0 aromatic heterocycles. The van der Waals surface area contributed by atoms with E-state index in [1.807, 2.05) is 12.2 Å². The Morgan fingerprint density at radius 3 is 2.46 bits per heavy atom. The van der Waals surface area contributed by atoms with Gasteiger partial charge in [-0.1, -0.05) is 12.2 Å². The van der Waals surface area contributed by atoms with Crippen LogP contribution >= 0.6 is 0 Å². The number of nitrogens with one attached hydrogen (secondary N) is 1. The van der Waals surface area contributed by atoms with Gasteiger partial charge in [0.05, 0.1) is 0 Å². The molecule has 74 valence electrons. The first-order valence-corrected chi connectivity index (χ1v) is 5.04. The highest BCUT2D eigenvalue weighted by molar-refractivity contribution is 4.84.